The fourth-order valence-corrected chi connectivity index (χ4v) is 4.41. The molecule has 1 N–H and O–H groups in total. The monoisotopic (exact) mass is 261 g/mol. The molecule has 3 nitrogen and oxygen atoms in total. The third kappa shape index (κ3) is 1.79. The van der Waals surface area contributed by atoms with E-state index in [9.17, 15) is 0 Å². The fraction of sp³-hybridized carbons (Fsp3) is 0.643. The molecule has 4 heteroatoms. The average molecular weight is 261 g/mol. The van der Waals surface area contributed by atoms with Crippen LogP contribution in [0.4, 0.5) is 0 Å². The molecule has 0 aliphatic heterocycles. The number of rotatable bonds is 4. The summed E-state index contributed by atoms with van der Waals surface area (Å²) in [6, 6.07) is 0.613. The first-order valence-corrected chi connectivity index (χ1v) is 7.80. The lowest BCUT2D eigenvalue weighted by molar-refractivity contribution is 0.347. The van der Waals surface area contributed by atoms with Crippen molar-refractivity contribution in [3.05, 3.63) is 23.5 Å². The highest BCUT2D eigenvalue weighted by molar-refractivity contribution is 7.15. The lowest BCUT2D eigenvalue weighted by Gasteiger charge is -2.23. The van der Waals surface area contributed by atoms with Gasteiger partial charge in [0.1, 0.15) is 0 Å². The first-order valence-electron chi connectivity index (χ1n) is 6.92. The third-order valence-electron chi connectivity index (χ3n) is 4.79. The number of hydrogen-bond donors (Lipinski definition) is 1. The number of fused-ring (bicyclic) bond motifs is 2. The van der Waals surface area contributed by atoms with Crippen molar-refractivity contribution < 1.29 is 0 Å². The van der Waals surface area contributed by atoms with Gasteiger partial charge < -0.3 is 5.32 Å². The van der Waals surface area contributed by atoms with E-state index in [2.05, 4.69) is 34.5 Å². The second-order valence-corrected chi connectivity index (χ2v) is 6.78. The van der Waals surface area contributed by atoms with Crippen LogP contribution in [0.25, 0.3) is 4.96 Å². The molecule has 3 unspecified atom stereocenters. The van der Waals surface area contributed by atoms with Gasteiger partial charge >= 0.3 is 0 Å². The van der Waals surface area contributed by atoms with Gasteiger partial charge in [0.05, 0.1) is 5.69 Å². The summed E-state index contributed by atoms with van der Waals surface area (Å²) >= 11 is 1.71. The maximum atomic E-state index is 4.70. The van der Waals surface area contributed by atoms with Crippen LogP contribution in [0, 0.1) is 17.8 Å². The second-order valence-electron chi connectivity index (χ2n) is 5.91. The van der Waals surface area contributed by atoms with Crippen molar-refractivity contribution >= 4 is 16.3 Å². The van der Waals surface area contributed by atoms with E-state index in [1.54, 1.807) is 11.3 Å². The Kier molecular flexibility index (Phi) is 2.49. The van der Waals surface area contributed by atoms with Gasteiger partial charge in [0.2, 0.25) is 0 Å². The molecule has 0 bridgehead atoms. The van der Waals surface area contributed by atoms with Gasteiger partial charge in [-0.05, 0) is 44.1 Å². The first-order chi connectivity index (χ1) is 8.83. The van der Waals surface area contributed by atoms with Crippen molar-refractivity contribution in [1.29, 1.82) is 0 Å². The van der Waals surface area contributed by atoms with Gasteiger partial charge in [0.25, 0.3) is 0 Å². The Morgan fingerprint density at radius 2 is 2.28 bits per heavy atom. The molecule has 2 saturated carbocycles. The second kappa shape index (κ2) is 4.07. The van der Waals surface area contributed by atoms with E-state index in [4.69, 9.17) is 4.98 Å². The lowest BCUT2D eigenvalue weighted by Crippen LogP contribution is -2.35. The molecule has 0 spiro atoms. The molecular weight excluding hydrogens is 242 g/mol. The molecule has 2 aliphatic rings. The van der Waals surface area contributed by atoms with E-state index >= 15 is 0 Å². The SMILES string of the molecule is CNC(Cc1cn2ccsc2n1)C1CC2CC2C1. The van der Waals surface area contributed by atoms with Gasteiger partial charge in [-0.1, -0.05) is 0 Å². The number of thiazole rings is 1. The summed E-state index contributed by atoms with van der Waals surface area (Å²) in [5.74, 6) is 3.01. The Morgan fingerprint density at radius 3 is 3.00 bits per heavy atom. The standard InChI is InChI=1S/C14H19N3S/c1-15-13(11-5-9-4-10(9)6-11)7-12-8-17-2-3-18-14(17)16-12/h2-3,8-11,13,15H,4-7H2,1H3. The summed E-state index contributed by atoms with van der Waals surface area (Å²) in [4.78, 5) is 5.82. The molecule has 2 heterocycles. The summed E-state index contributed by atoms with van der Waals surface area (Å²) in [7, 11) is 2.10. The Bertz CT molecular complexity index is 520. The minimum atomic E-state index is 0.613. The summed E-state index contributed by atoms with van der Waals surface area (Å²) in [6.45, 7) is 0. The smallest absolute Gasteiger partial charge is 0.193 e. The van der Waals surface area contributed by atoms with Gasteiger partial charge in [0.15, 0.2) is 4.96 Å². The fourth-order valence-electron chi connectivity index (χ4n) is 3.69. The van der Waals surface area contributed by atoms with E-state index in [0.717, 1.165) is 29.1 Å². The Balaban J connectivity index is 1.49. The van der Waals surface area contributed by atoms with E-state index < -0.39 is 0 Å². The van der Waals surface area contributed by atoms with Crippen molar-refractivity contribution in [1.82, 2.24) is 14.7 Å². The predicted molar refractivity (Wildman–Crippen MR) is 73.9 cm³/mol. The molecule has 2 aromatic heterocycles. The zero-order valence-electron chi connectivity index (χ0n) is 10.7. The minimum Gasteiger partial charge on any atom is -0.316 e. The number of imidazole rings is 1. The van der Waals surface area contributed by atoms with Crippen molar-refractivity contribution in [3.63, 3.8) is 0 Å². The zero-order valence-corrected chi connectivity index (χ0v) is 11.5. The molecule has 0 radical (unpaired) electrons. The third-order valence-corrected chi connectivity index (χ3v) is 5.56. The van der Waals surface area contributed by atoms with Crippen LogP contribution in [-0.4, -0.2) is 22.5 Å². The van der Waals surface area contributed by atoms with Crippen molar-refractivity contribution in [2.75, 3.05) is 7.05 Å². The largest absolute Gasteiger partial charge is 0.316 e. The van der Waals surface area contributed by atoms with Crippen LogP contribution in [0.1, 0.15) is 25.0 Å². The van der Waals surface area contributed by atoms with Crippen LogP contribution in [-0.2, 0) is 6.42 Å². The Hall–Kier alpha value is -0.870. The maximum absolute atomic E-state index is 4.70. The van der Waals surface area contributed by atoms with Gasteiger partial charge in [0, 0.05) is 30.2 Å². The summed E-state index contributed by atoms with van der Waals surface area (Å²) in [6.07, 6.45) is 9.75. The summed E-state index contributed by atoms with van der Waals surface area (Å²) in [5.41, 5.74) is 1.24. The number of nitrogens with zero attached hydrogens (tertiary/aromatic N) is 2. The van der Waals surface area contributed by atoms with Crippen LogP contribution in [0.15, 0.2) is 17.8 Å². The highest BCUT2D eigenvalue weighted by Gasteiger charge is 2.47. The van der Waals surface area contributed by atoms with Gasteiger partial charge in [-0.25, -0.2) is 4.98 Å². The number of nitrogens with one attached hydrogen (secondary N) is 1. The maximum Gasteiger partial charge on any atom is 0.193 e. The molecule has 2 aromatic rings. The summed E-state index contributed by atoms with van der Waals surface area (Å²) in [5, 5.41) is 5.61. The zero-order chi connectivity index (χ0) is 12.1. The molecule has 2 fully saturated rings. The van der Waals surface area contributed by atoms with E-state index in [1.807, 2.05) is 0 Å². The van der Waals surface area contributed by atoms with E-state index in [-0.39, 0.29) is 0 Å². The van der Waals surface area contributed by atoms with Crippen molar-refractivity contribution in [2.45, 2.75) is 31.7 Å². The topological polar surface area (TPSA) is 29.3 Å². The molecule has 3 atom stereocenters. The van der Waals surface area contributed by atoms with Gasteiger partial charge in [-0.15, -0.1) is 11.3 Å². The molecule has 96 valence electrons. The highest BCUT2D eigenvalue weighted by Crippen LogP contribution is 2.55. The van der Waals surface area contributed by atoms with Crippen LogP contribution in [0.3, 0.4) is 0 Å². The molecular formula is C14H19N3S. The molecule has 4 rings (SSSR count). The Morgan fingerprint density at radius 1 is 1.44 bits per heavy atom. The number of hydrogen-bond acceptors (Lipinski definition) is 3. The van der Waals surface area contributed by atoms with Crippen molar-refractivity contribution in [3.8, 4) is 0 Å². The summed E-state index contributed by atoms with van der Waals surface area (Å²) < 4.78 is 2.14. The average Bonchev–Trinajstić information content (AvgIpc) is 2.75. The molecule has 2 aliphatic carbocycles. The van der Waals surface area contributed by atoms with Gasteiger partial charge in [-0.3, -0.25) is 4.40 Å². The molecule has 18 heavy (non-hydrogen) atoms. The molecule has 0 amide bonds. The highest BCUT2D eigenvalue weighted by atomic mass is 32.1. The Labute approximate surface area is 111 Å². The molecule has 0 aromatic carbocycles. The first kappa shape index (κ1) is 11.0. The van der Waals surface area contributed by atoms with E-state index in [1.165, 1.54) is 25.0 Å². The van der Waals surface area contributed by atoms with E-state index in [0.29, 0.717) is 6.04 Å². The quantitative estimate of drug-likeness (QED) is 0.916. The normalized spacial score (nSPS) is 31.7. The number of aromatic nitrogens is 2. The van der Waals surface area contributed by atoms with Crippen molar-refractivity contribution in [2.24, 2.45) is 17.8 Å². The molecule has 0 saturated heterocycles. The van der Waals surface area contributed by atoms with Crippen LogP contribution < -0.4 is 5.32 Å². The van der Waals surface area contributed by atoms with Crippen LogP contribution in [0.2, 0.25) is 0 Å². The van der Waals surface area contributed by atoms with Crippen LogP contribution >= 0.6 is 11.3 Å². The minimum absolute atomic E-state index is 0.613. The number of likely N-dealkylation sites (N-methyl/N-ethyl adjacent to an activating group) is 1. The van der Waals surface area contributed by atoms with Gasteiger partial charge in [-0.2, -0.15) is 0 Å². The van der Waals surface area contributed by atoms with Crippen LogP contribution in [0.5, 0.6) is 0 Å². The predicted octanol–water partition coefficient (Wildman–Crippen LogP) is 2.57. The lowest BCUT2D eigenvalue weighted by atomic mass is 9.91.